The molecule has 0 saturated heterocycles. The fourth-order valence-electron chi connectivity index (χ4n) is 1.47. The molecule has 1 aromatic heterocycles. The first-order chi connectivity index (χ1) is 9.04. The van der Waals surface area contributed by atoms with Crippen LogP contribution in [0.5, 0.6) is 17.2 Å². The SMILES string of the molecule is Cn1cnc(C#N)c1/N=C/c1ccc(O)c(O)c1O. The average Bonchev–Trinajstić information content (AvgIpc) is 2.76. The van der Waals surface area contributed by atoms with Crippen LogP contribution in [0.4, 0.5) is 5.82 Å². The van der Waals surface area contributed by atoms with Gasteiger partial charge in [-0.1, -0.05) is 0 Å². The minimum atomic E-state index is -0.616. The van der Waals surface area contributed by atoms with Crippen molar-refractivity contribution in [2.45, 2.75) is 0 Å². The Morgan fingerprint density at radius 3 is 2.74 bits per heavy atom. The molecule has 0 fully saturated rings. The number of nitriles is 1. The summed E-state index contributed by atoms with van der Waals surface area (Å²) >= 11 is 0. The summed E-state index contributed by atoms with van der Waals surface area (Å²) in [5.74, 6) is -1.19. The van der Waals surface area contributed by atoms with E-state index in [-0.39, 0.29) is 11.3 Å². The standard InChI is InChI=1S/C12H10N4O3/c1-16-6-15-8(4-13)12(16)14-5-7-2-3-9(17)11(19)10(7)18/h2-3,5-6,17-19H,1H3/b14-5+. The number of benzene rings is 1. The predicted octanol–water partition coefficient (Wildman–Crippen LogP) is 1.16. The molecule has 0 aliphatic heterocycles. The van der Waals surface area contributed by atoms with Crippen molar-refractivity contribution in [2.24, 2.45) is 12.0 Å². The van der Waals surface area contributed by atoms with Gasteiger partial charge in [0, 0.05) is 18.8 Å². The first-order valence-electron chi connectivity index (χ1n) is 5.24. The summed E-state index contributed by atoms with van der Waals surface area (Å²) in [6, 6.07) is 4.50. The maximum absolute atomic E-state index is 9.61. The molecule has 0 bridgehead atoms. The van der Waals surface area contributed by atoms with Crippen LogP contribution in [0, 0.1) is 11.3 Å². The van der Waals surface area contributed by atoms with Gasteiger partial charge in [0.1, 0.15) is 6.07 Å². The number of rotatable bonds is 2. The number of phenols is 3. The Labute approximate surface area is 108 Å². The topological polar surface area (TPSA) is 115 Å². The number of aromatic hydroxyl groups is 3. The van der Waals surface area contributed by atoms with Gasteiger partial charge in [0.25, 0.3) is 0 Å². The molecule has 1 aromatic carbocycles. The molecule has 0 atom stereocenters. The Balaban J connectivity index is 2.42. The zero-order chi connectivity index (χ0) is 14.0. The molecule has 19 heavy (non-hydrogen) atoms. The highest BCUT2D eigenvalue weighted by Gasteiger charge is 2.10. The summed E-state index contributed by atoms with van der Waals surface area (Å²) in [5, 5.41) is 37.0. The van der Waals surface area contributed by atoms with Crippen LogP contribution in [0.15, 0.2) is 23.5 Å². The van der Waals surface area contributed by atoms with Crippen LogP contribution < -0.4 is 0 Å². The van der Waals surface area contributed by atoms with Gasteiger partial charge in [-0.05, 0) is 12.1 Å². The predicted molar refractivity (Wildman–Crippen MR) is 66.6 cm³/mol. The number of aliphatic imine (C=N–C) groups is 1. The van der Waals surface area contributed by atoms with Crippen molar-refractivity contribution in [1.29, 1.82) is 5.26 Å². The molecule has 0 unspecified atom stereocenters. The number of hydrogen-bond acceptors (Lipinski definition) is 6. The van der Waals surface area contributed by atoms with E-state index in [4.69, 9.17) is 5.26 Å². The molecule has 0 radical (unpaired) electrons. The van der Waals surface area contributed by atoms with E-state index < -0.39 is 17.2 Å². The number of aryl methyl sites for hydroxylation is 1. The van der Waals surface area contributed by atoms with Gasteiger partial charge in [-0.2, -0.15) is 5.26 Å². The van der Waals surface area contributed by atoms with E-state index in [1.54, 1.807) is 11.6 Å². The van der Waals surface area contributed by atoms with E-state index in [0.717, 1.165) is 0 Å². The van der Waals surface area contributed by atoms with E-state index >= 15 is 0 Å². The number of nitrogens with zero attached hydrogens (tertiary/aromatic N) is 4. The molecule has 2 rings (SSSR count). The van der Waals surface area contributed by atoms with Crippen LogP contribution in [0.25, 0.3) is 0 Å². The minimum Gasteiger partial charge on any atom is -0.504 e. The Hall–Kier alpha value is -3.01. The summed E-state index contributed by atoms with van der Waals surface area (Å²) in [5.41, 5.74) is 0.363. The van der Waals surface area contributed by atoms with Gasteiger partial charge < -0.3 is 19.9 Å². The largest absolute Gasteiger partial charge is 0.504 e. The average molecular weight is 258 g/mol. The van der Waals surface area contributed by atoms with E-state index in [9.17, 15) is 15.3 Å². The van der Waals surface area contributed by atoms with Crippen LogP contribution in [0.1, 0.15) is 11.3 Å². The zero-order valence-electron chi connectivity index (χ0n) is 9.94. The van der Waals surface area contributed by atoms with Crippen molar-refractivity contribution in [1.82, 2.24) is 9.55 Å². The number of aromatic nitrogens is 2. The molecule has 2 aromatic rings. The monoisotopic (exact) mass is 258 g/mol. The molecule has 96 valence electrons. The van der Waals surface area contributed by atoms with Crippen LogP contribution in [0.2, 0.25) is 0 Å². The van der Waals surface area contributed by atoms with Crippen molar-refractivity contribution >= 4 is 12.0 Å². The molecule has 0 saturated carbocycles. The van der Waals surface area contributed by atoms with Crippen molar-refractivity contribution < 1.29 is 15.3 Å². The lowest BCUT2D eigenvalue weighted by Gasteiger charge is -2.03. The zero-order valence-corrected chi connectivity index (χ0v) is 9.94. The van der Waals surface area contributed by atoms with Gasteiger partial charge >= 0.3 is 0 Å². The van der Waals surface area contributed by atoms with Crippen molar-refractivity contribution in [3.05, 3.63) is 29.7 Å². The lowest BCUT2D eigenvalue weighted by molar-refractivity contribution is 0.367. The fraction of sp³-hybridized carbons (Fsp3) is 0.0833. The molecular weight excluding hydrogens is 248 g/mol. The molecule has 1 heterocycles. The van der Waals surface area contributed by atoms with Gasteiger partial charge in [0.05, 0.1) is 6.33 Å². The molecule has 0 aliphatic carbocycles. The summed E-state index contributed by atoms with van der Waals surface area (Å²) in [7, 11) is 1.68. The van der Waals surface area contributed by atoms with E-state index in [1.807, 2.05) is 6.07 Å². The Morgan fingerprint density at radius 2 is 2.05 bits per heavy atom. The quantitative estimate of drug-likeness (QED) is 0.552. The van der Waals surface area contributed by atoms with Crippen LogP contribution in [-0.2, 0) is 7.05 Å². The van der Waals surface area contributed by atoms with Crippen molar-refractivity contribution in [2.75, 3.05) is 0 Å². The molecule has 7 heteroatoms. The number of imidazole rings is 1. The smallest absolute Gasteiger partial charge is 0.200 e. The van der Waals surface area contributed by atoms with E-state index in [2.05, 4.69) is 9.98 Å². The molecule has 7 nitrogen and oxygen atoms in total. The van der Waals surface area contributed by atoms with E-state index in [0.29, 0.717) is 5.82 Å². The lowest BCUT2D eigenvalue weighted by Crippen LogP contribution is -1.87. The van der Waals surface area contributed by atoms with Crippen molar-refractivity contribution in [3.63, 3.8) is 0 Å². The van der Waals surface area contributed by atoms with E-state index in [1.165, 1.54) is 24.7 Å². The third-order valence-corrected chi connectivity index (χ3v) is 2.50. The Morgan fingerprint density at radius 1 is 1.32 bits per heavy atom. The Kier molecular flexibility index (Phi) is 3.08. The molecule has 0 aliphatic rings. The fourth-order valence-corrected chi connectivity index (χ4v) is 1.47. The summed E-state index contributed by atoms with van der Waals surface area (Å²) < 4.78 is 1.55. The van der Waals surface area contributed by atoms with Crippen molar-refractivity contribution in [3.8, 4) is 23.3 Å². The van der Waals surface area contributed by atoms with Gasteiger partial charge in [0.15, 0.2) is 23.0 Å². The third kappa shape index (κ3) is 2.19. The first kappa shape index (κ1) is 12.4. The normalized spacial score (nSPS) is 10.7. The molecule has 0 spiro atoms. The van der Waals surface area contributed by atoms with Gasteiger partial charge in [-0.3, -0.25) is 0 Å². The van der Waals surface area contributed by atoms with Crippen LogP contribution in [0.3, 0.4) is 0 Å². The highest BCUT2D eigenvalue weighted by Crippen LogP contribution is 2.36. The molecule has 0 amide bonds. The maximum Gasteiger partial charge on any atom is 0.200 e. The van der Waals surface area contributed by atoms with Gasteiger partial charge in [-0.25, -0.2) is 9.98 Å². The number of hydrogen-bond donors (Lipinski definition) is 3. The minimum absolute atomic E-state index is 0.154. The summed E-state index contributed by atoms with van der Waals surface area (Å²) in [6.07, 6.45) is 2.71. The second-order valence-corrected chi connectivity index (χ2v) is 3.77. The molecule has 3 N–H and O–H groups in total. The van der Waals surface area contributed by atoms with Gasteiger partial charge in [-0.15, -0.1) is 0 Å². The van der Waals surface area contributed by atoms with Crippen LogP contribution >= 0.6 is 0 Å². The Bertz CT molecular complexity index is 698. The highest BCUT2D eigenvalue weighted by atomic mass is 16.3. The number of phenolic OH excluding ortho intramolecular Hbond substituents is 3. The summed E-state index contributed by atoms with van der Waals surface area (Å²) in [4.78, 5) is 7.88. The molecular formula is C12H10N4O3. The van der Waals surface area contributed by atoms with Gasteiger partial charge in [0.2, 0.25) is 5.75 Å². The van der Waals surface area contributed by atoms with Crippen LogP contribution in [-0.4, -0.2) is 31.1 Å². The second kappa shape index (κ2) is 4.70. The highest BCUT2D eigenvalue weighted by molar-refractivity contribution is 5.87. The first-order valence-corrected chi connectivity index (χ1v) is 5.24. The summed E-state index contributed by atoms with van der Waals surface area (Å²) in [6.45, 7) is 0. The lowest BCUT2D eigenvalue weighted by atomic mass is 10.2. The third-order valence-electron chi connectivity index (χ3n) is 2.50. The maximum atomic E-state index is 9.61. The second-order valence-electron chi connectivity index (χ2n) is 3.77.